The number of hydrogen-bond donors (Lipinski definition) is 0. The zero-order valence-electron chi connectivity index (χ0n) is 18.2. The highest BCUT2D eigenvalue weighted by atomic mass is 32.2. The van der Waals surface area contributed by atoms with Crippen molar-refractivity contribution >= 4 is 10.0 Å². The molecule has 34 heavy (non-hydrogen) atoms. The van der Waals surface area contributed by atoms with Gasteiger partial charge in [-0.25, -0.2) is 13.1 Å². The molecule has 5 rings (SSSR count). The van der Waals surface area contributed by atoms with E-state index in [0.29, 0.717) is 22.9 Å². The molecule has 0 saturated heterocycles. The zero-order chi connectivity index (χ0) is 23.5. The summed E-state index contributed by atoms with van der Waals surface area (Å²) in [4.78, 5) is 0.160. The van der Waals surface area contributed by atoms with Gasteiger partial charge in [0, 0.05) is 13.1 Å². The van der Waals surface area contributed by atoms with Crippen LogP contribution in [0.25, 0.3) is 5.69 Å². The van der Waals surface area contributed by atoms with Crippen molar-refractivity contribution < 1.29 is 22.6 Å². The van der Waals surface area contributed by atoms with Crippen LogP contribution in [0.3, 0.4) is 0 Å². The molecule has 2 heterocycles. The molecular formula is C23H21N5O5S. The van der Waals surface area contributed by atoms with Crippen LogP contribution >= 0.6 is 0 Å². The van der Waals surface area contributed by atoms with Crippen LogP contribution in [0.1, 0.15) is 11.1 Å². The third kappa shape index (κ3) is 4.43. The lowest BCUT2D eigenvalue weighted by molar-refractivity contribution is 0.174. The van der Waals surface area contributed by atoms with E-state index >= 15 is 0 Å². The van der Waals surface area contributed by atoms with Crippen molar-refractivity contribution in [2.24, 2.45) is 0 Å². The summed E-state index contributed by atoms with van der Waals surface area (Å²) in [5.74, 6) is 1.90. The second-order valence-corrected chi connectivity index (χ2v) is 9.50. The minimum absolute atomic E-state index is 0.144. The smallest absolute Gasteiger partial charge is 0.243 e. The average molecular weight is 480 g/mol. The number of tetrazole rings is 1. The number of hydrogen-bond acceptors (Lipinski definition) is 8. The van der Waals surface area contributed by atoms with Gasteiger partial charge in [-0.1, -0.05) is 18.2 Å². The molecule has 0 aliphatic carbocycles. The van der Waals surface area contributed by atoms with Crippen molar-refractivity contribution in [3.05, 3.63) is 84.2 Å². The first kappa shape index (κ1) is 21.9. The summed E-state index contributed by atoms with van der Waals surface area (Å²) in [5.41, 5.74) is 2.23. The zero-order valence-corrected chi connectivity index (χ0v) is 19.1. The second-order valence-electron chi connectivity index (χ2n) is 7.56. The van der Waals surface area contributed by atoms with Crippen molar-refractivity contribution in [2.75, 3.05) is 13.9 Å². The molecule has 0 N–H and O–H groups in total. The summed E-state index contributed by atoms with van der Waals surface area (Å²) < 4.78 is 46.5. The lowest BCUT2D eigenvalue weighted by Crippen LogP contribution is -2.30. The van der Waals surface area contributed by atoms with Crippen LogP contribution in [0.15, 0.2) is 78.0 Å². The maximum Gasteiger partial charge on any atom is 0.243 e. The normalized spacial score (nSPS) is 12.8. The topological polar surface area (TPSA) is 109 Å². The van der Waals surface area contributed by atoms with Gasteiger partial charge in [0.25, 0.3) is 0 Å². The maximum absolute atomic E-state index is 13.7. The Labute approximate surface area is 196 Å². The molecule has 0 amide bonds. The molecule has 0 spiro atoms. The highest BCUT2D eigenvalue weighted by molar-refractivity contribution is 7.89. The van der Waals surface area contributed by atoms with Gasteiger partial charge in [-0.05, 0) is 70.1 Å². The van der Waals surface area contributed by atoms with E-state index in [-0.39, 0.29) is 24.8 Å². The van der Waals surface area contributed by atoms with Crippen LogP contribution in [-0.2, 0) is 23.1 Å². The molecule has 11 heteroatoms. The maximum atomic E-state index is 13.7. The summed E-state index contributed by atoms with van der Waals surface area (Å²) in [7, 11) is -2.28. The first-order valence-electron chi connectivity index (χ1n) is 10.4. The summed E-state index contributed by atoms with van der Waals surface area (Å²) in [6, 6.07) is 19.2. The Morgan fingerprint density at radius 1 is 0.971 bits per heavy atom. The molecule has 0 saturated carbocycles. The van der Waals surface area contributed by atoms with E-state index in [2.05, 4.69) is 15.5 Å². The van der Waals surface area contributed by atoms with Gasteiger partial charge < -0.3 is 14.2 Å². The molecule has 10 nitrogen and oxygen atoms in total. The number of methoxy groups -OCH3 is 1. The largest absolute Gasteiger partial charge is 0.497 e. The Bertz CT molecular complexity index is 1390. The SMILES string of the molecule is COc1cccc(CN(Cc2ccc3c(c2)OCO3)S(=O)(=O)c2ccc(-n3cnnn3)cc2)c1. The van der Waals surface area contributed by atoms with Gasteiger partial charge >= 0.3 is 0 Å². The number of aromatic nitrogens is 4. The minimum Gasteiger partial charge on any atom is -0.497 e. The van der Waals surface area contributed by atoms with E-state index in [0.717, 1.165) is 11.1 Å². The second kappa shape index (κ2) is 9.12. The van der Waals surface area contributed by atoms with Gasteiger partial charge in [0.15, 0.2) is 11.5 Å². The highest BCUT2D eigenvalue weighted by Crippen LogP contribution is 2.33. The third-order valence-electron chi connectivity index (χ3n) is 5.38. The monoisotopic (exact) mass is 479 g/mol. The number of fused-ring (bicyclic) bond motifs is 1. The first-order valence-corrected chi connectivity index (χ1v) is 11.8. The Morgan fingerprint density at radius 3 is 2.47 bits per heavy atom. The molecule has 1 aliphatic heterocycles. The number of nitrogens with zero attached hydrogens (tertiary/aromatic N) is 5. The Hall–Kier alpha value is -3.96. The van der Waals surface area contributed by atoms with E-state index in [1.165, 1.54) is 15.3 Å². The van der Waals surface area contributed by atoms with Crippen molar-refractivity contribution in [2.45, 2.75) is 18.0 Å². The molecule has 1 aromatic heterocycles. The summed E-state index contributed by atoms with van der Waals surface area (Å²) >= 11 is 0. The summed E-state index contributed by atoms with van der Waals surface area (Å²) in [6.45, 7) is 0.450. The van der Waals surface area contributed by atoms with Gasteiger partial charge in [0.1, 0.15) is 12.1 Å². The standard InChI is InChI=1S/C23H21N5O5S/c1-31-20-4-2-3-17(11-20)13-27(14-18-5-10-22-23(12-18)33-16-32-22)34(29,30)21-8-6-19(7-9-21)28-15-24-25-26-28/h2-12,15H,13-14,16H2,1H3. The molecule has 0 radical (unpaired) electrons. The summed E-state index contributed by atoms with van der Waals surface area (Å²) in [6.07, 6.45) is 1.44. The number of rotatable bonds is 8. The highest BCUT2D eigenvalue weighted by Gasteiger charge is 2.26. The predicted octanol–water partition coefficient (Wildman–Crippen LogP) is 2.79. The van der Waals surface area contributed by atoms with Crippen molar-refractivity contribution in [1.82, 2.24) is 24.5 Å². The predicted molar refractivity (Wildman–Crippen MR) is 121 cm³/mol. The average Bonchev–Trinajstić information content (AvgIpc) is 3.56. The van der Waals surface area contributed by atoms with Crippen LogP contribution in [-0.4, -0.2) is 46.8 Å². The van der Waals surface area contributed by atoms with Crippen LogP contribution < -0.4 is 14.2 Å². The number of ether oxygens (including phenoxy) is 3. The fourth-order valence-electron chi connectivity index (χ4n) is 3.64. The van der Waals surface area contributed by atoms with E-state index in [4.69, 9.17) is 14.2 Å². The Kier molecular flexibility index (Phi) is 5.86. The molecule has 0 bridgehead atoms. The van der Waals surface area contributed by atoms with Crippen molar-refractivity contribution in [3.63, 3.8) is 0 Å². The van der Waals surface area contributed by atoms with Gasteiger partial charge in [-0.3, -0.25) is 0 Å². The lowest BCUT2D eigenvalue weighted by atomic mass is 10.2. The fraction of sp³-hybridized carbons (Fsp3) is 0.174. The van der Waals surface area contributed by atoms with E-state index in [9.17, 15) is 8.42 Å². The molecule has 0 unspecified atom stereocenters. The van der Waals surface area contributed by atoms with Crippen LogP contribution in [0, 0.1) is 0 Å². The Morgan fingerprint density at radius 2 is 1.74 bits per heavy atom. The molecule has 0 fully saturated rings. The van der Waals surface area contributed by atoms with Crippen LogP contribution in [0.5, 0.6) is 17.2 Å². The van der Waals surface area contributed by atoms with Gasteiger partial charge in [-0.2, -0.15) is 4.31 Å². The van der Waals surface area contributed by atoms with Crippen molar-refractivity contribution in [1.29, 1.82) is 0 Å². The van der Waals surface area contributed by atoms with E-state index in [1.807, 2.05) is 30.3 Å². The summed E-state index contributed by atoms with van der Waals surface area (Å²) in [5, 5.41) is 11.0. The van der Waals surface area contributed by atoms with Gasteiger partial charge in [-0.15, -0.1) is 5.10 Å². The number of benzene rings is 3. The van der Waals surface area contributed by atoms with Crippen molar-refractivity contribution in [3.8, 4) is 22.9 Å². The third-order valence-corrected chi connectivity index (χ3v) is 7.18. The van der Waals surface area contributed by atoms with Crippen LogP contribution in [0.4, 0.5) is 0 Å². The molecular weight excluding hydrogens is 458 g/mol. The van der Waals surface area contributed by atoms with Crippen LogP contribution in [0.2, 0.25) is 0 Å². The molecule has 0 atom stereocenters. The van der Waals surface area contributed by atoms with E-state index in [1.54, 1.807) is 43.5 Å². The molecule has 4 aromatic rings. The minimum atomic E-state index is -3.86. The molecule has 3 aromatic carbocycles. The first-order chi connectivity index (χ1) is 16.5. The Balaban J connectivity index is 1.48. The number of sulfonamides is 1. The van der Waals surface area contributed by atoms with Gasteiger partial charge in [0.2, 0.25) is 16.8 Å². The fourth-order valence-corrected chi connectivity index (χ4v) is 5.06. The molecule has 1 aliphatic rings. The quantitative estimate of drug-likeness (QED) is 0.380. The van der Waals surface area contributed by atoms with E-state index < -0.39 is 10.0 Å². The van der Waals surface area contributed by atoms with Gasteiger partial charge in [0.05, 0.1) is 17.7 Å². The molecule has 174 valence electrons. The lowest BCUT2D eigenvalue weighted by Gasteiger charge is -2.23.